The summed E-state index contributed by atoms with van der Waals surface area (Å²) in [6.07, 6.45) is 0. The number of nitriles is 1. The smallest absolute Gasteiger partial charge is 0.230 e. The molecule has 1 N–H and O–H groups in total. The summed E-state index contributed by atoms with van der Waals surface area (Å²) in [6.45, 7) is 3.82. The van der Waals surface area contributed by atoms with Crippen molar-refractivity contribution in [2.24, 2.45) is 0 Å². The molecule has 0 aromatic heterocycles. The van der Waals surface area contributed by atoms with E-state index in [0.29, 0.717) is 11.5 Å². The monoisotopic (exact) mass is 172 g/mol. The fourth-order valence-electron chi connectivity index (χ4n) is 0.553. The molecule has 0 atom stereocenters. The lowest BCUT2D eigenvalue weighted by Gasteiger charge is -2.06. The van der Waals surface area contributed by atoms with Crippen LogP contribution in [0.4, 0.5) is 0 Å². The van der Waals surface area contributed by atoms with Crippen LogP contribution < -0.4 is 5.32 Å². The average molecular weight is 172 g/mol. The van der Waals surface area contributed by atoms with Crippen LogP contribution in [0.25, 0.3) is 0 Å². The second kappa shape index (κ2) is 6.05. The Morgan fingerprint density at radius 3 is 2.82 bits per heavy atom. The fourth-order valence-corrected chi connectivity index (χ4v) is 1.02. The Morgan fingerprint density at radius 1 is 1.73 bits per heavy atom. The summed E-state index contributed by atoms with van der Waals surface area (Å²) in [6, 6.07) is 2.14. The number of hydrogen-bond donors (Lipinski definition) is 1. The molecule has 0 aromatic rings. The number of amides is 1. The first-order valence-corrected chi connectivity index (χ1v) is 4.56. The molecule has 0 bridgehead atoms. The van der Waals surface area contributed by atoms with Crippen molar-refractivity contribution in [1.29, 1.82) is 5.26 Å². The Labute approximate surface area is 71.2 Å². The van der Waals surface area contributed by atoms with Crippen molar-refractivity contribution < 1.29 is 4.79 Å². The van der Waals surface area contributed by atoms with Crippen molar-refractivity contribution in [2.45, 2.75) is 19.9 Å². The van der Waals surface area contributed by atoms with Gasteiger partial charge in [0.15, 0.2) is 0 Å². The van der Waals surface area contributed by atoms with Gasteiger partial charge in [-0.3, -0.25) is 4.79 Å². The molecule has 0 aliphatic carbocycles. The maximum absolute atomic E-state index is 10.9. The van der Waals surface area contributed by atoms with Crippen LogP contribution in [-0.4, -0.2) is 23.5 Å². The summed E-state index contributed by atoms with van der Waals surface area (Å²) < 4.78 is 0. The van der Waals surface area contributed by atoms with Gasteiger partial charge in [0, 0.05) is 6.04 Å². The third-order valence-electron chi connectivity index (χ3n) is 0.849. The molecular weight excluding hydrogens is 160 g/mol. The van der Waals surface area contributed by atoms with Gasteiger partial charge in [0.05, 0.1) is 17.6 Å². The molecule has 0 saturated carbocycles. The maximum Gasteiger partial charge on any atom is 0.230 e. The largest absolute Gasteiger partial charge is 0.353 e. The molecule has 4 heteroatoms. The second-order valence-corrected chi connectivity index (χ2v) is 3.36. The number of hydrogen-bond acceptors (Lipinski definition) is 3. The first-order chi connectivity index (χ1) is 5.16. The van der Waals surface area contributed by atoms with Gasteiger partial charge in [-0.25, -0.2) is 0 Å². The minimum atomic E-state index is 0.000231. The van der Waals surface area contributed by atoms with E-state index in [1.807, 2.05) is 19.9 Å². The predicted molar refractivity (Wildman–Crippen MR) is 46.2 cm³/mol. The summed E-state index contributed by atoms with van der Waals surface area (Å²) in [5.41, 5.74) is 0. The molecule has 1 amide bonds. The fraction of sp³-hybridized carbons (Fsp3) is 0.714. The van der Waals surface area contributed by atoms with Crippen molar-refractivity contribution in [3.05, 3.63) is 0 Å². The molecule has 62 valence electrons. The summed E-state index contributed by atoms with van der Waals surface area (Å²) >= 11 is 1.33. The summed E-state index contributed by atoms with van der Waals surface area (Å²) in [5, 5.41) is 10.9. The van der Waals surface area contributed by atoms with Crippen LogP contribution in [-0.2, 0) is 4.79 Å². The van der Waals surface area contributed by atoms with Gasteiger partial charge < -0.3 is 5.32 Å². The summed E-state index contributed by atoms with van der Waals surface area (Å²) in [5.74, 6) is 0.761. The third kappa shape index (κ3) is 7.20. The van der Waals surface area contributed by atoms with E-state index < -0.39 is 0 Å². The molecule has 0 aliphatic heterocycles. The van der Waals surface area contributed by atoms with Crippen LogP contribution in [0.1, 0.15) is 13.8 Å². The Bertz CT molecular complexity index is 162. The molecule has 11 heavy (non-hydrogen) atoms. The molecule has 0 unspecified atom stereocenters. The number of thioether (sulfide) groups is 1. The molecule has 0 heterocycles. The van der Waals surface area contributed by atoms with E-state index >= 15 is 0 Å². The minimum absolute atomic E-state index is 0.000231. The Kier molecular flexibility index (Phi) is 5.67. The standard InChI is InChI=1S/C7H12N2OS/c1-6(2)9-7(10)5-11-4-3-8/h6H,4-5H2,1-2H3,(H,9,10). The van der Waals surface area contributed by atoms with E-state index in [2.05, 4.69) is 5.32 Å². The summed E-state index contributed by atoms with van der Waals surface area (Å²) in [7, 11) is 0. The van der Waals surface area contributed by atoms with E-state index in [-0.39, 0.29) is 11.9 Å². The lowest BCUT2D eigenvalue weighted by atomic mass is 10.4. The quantitative estimate of drug-likeness (QED) is 0.637. The Hall–Kier alpha value is -0.690. The molecule has 0 aromatic carbocycles. The van der Waals surface area contributed by atoms with Gasteiger partial charge in [-0.15, -0.1) is 11.8 Å². The molecule has 3 nitrogen and oxygen atoms in total. The van der Waals surface area contributed by atoms with Gasteiger partial charge in [0.25, 0.3) is 0 Å². The van der Waals surface area contributed by atoms with Crippen LogP contribution in [0.3, 0.4) is 0 Å². The number of carbonyl (C=O) groups is 1. The zero-order chi connectivity index (χ0) is 8.69. The minimum Gasteiger partial charge on any atom is -0.353 e. The van der Waals surface area contributed by atoms with Gasteiger partial charge in [0.2, 0.25) is 5.91 Å². The van der Waals surface area contributed by atoms with Crippen LogP contribution in [0.2, 0.25) is 0 Å². The Balaban J connectivity index is 3.32. The van der Waals surface area contributed by atoms with Crippen molar-refractivity contribution >= 4 is 17.7 Å². The van der Waals surface area contributed by atoms with Crippen molar-refractivity contribution in [1.82, 2.24) is 5.32 Å². The van der Waals surface area contributed by atoms with E-state index in [1.165, 1.54) is 11.8 Å². The second-order valence-electron chi connectivity index (χ2n) is 2.37. The lowest BCUT2D eigenvalue weighted by Crippen LogP contribution is -2.31. The predicted octanol–water partition coefficient (Wildman–Crippen LogP) is 0.768. The average Bonchev–Trinajstić information content (AvgIpc) is 1.86. The molecule has 0 fully saturated rings. The third-order valence-corrected chi connectivity index (χ3v) is 1.65. The highest BCUT2D eigenvalue weighted by Gasteiger charge is 2.01. The molecule has 0 saturated heterocycles. The summed E-state index contributed by atoms with van der Waals surface area (Å²) in [4.78, 5) is 10.9. The topological polar surface area (TPSA) is 52.9 Å². The van der Waals surface area contributed by atoms with Gasteiger partial charge in [0.1, 0.15) is 0 Å². The van der Waals surface area contributed by atoms with Gasteiger partial charge in [-0.05, 0) is 13.8 Å². The van der Waals surface area contributed by atoms with Crippen LogP contribution in [0.5, 0.6) is 0 Å². The van der Waals surface area contributed by atoms with E-state index in [9.17, 15) is 4.79 Å². The first-order valence-electron chi connectivity index (χ1n) is 3.41. The number of carbonyl (C=O) groups excluding carboxylic acids is 1. The Morgan fingerprint density at radius 2 is 2.36 bits per heavy atom. The van der Waals surface area contributed by atoms with Crippen molar-refractivity contribution in [3.63, 3.8) is 0 Å². The zero-order valence-corrected chi connectivity index (χ0v) is 7.57. The molecule has 0 spiro atoms. The van der Waals surface area contributed by atoms with Crippen molar-refractivity contribution in [2.75, 3.05) is 11.5 Å². The van der Waals surface area contributed by atoms with Gasteiger partial charge >= 0.3 is 0 Å². The van der Waals surface area contributed by atoms with Crippen molar-refractivity contribution in [3.8, 4) is 6.07 Å². The molecule has 0 aliphatic rings. The highest BCUT2D eigenvalue weighted by Crippen LogP contribution is 1.96. The number of nitrogens with one attached hydrogen (secondary N) is 1. The number of rotatable bonds is 4. The van der Waals surface area contributed by atoms with Crippen LogP contribution in [0.15, 0.2) is 0 Å². The molecule has 0 rings (SSSR count). The first kappa shape index (κ1) is 10.3. The number of nitrogens with zero attached hydrogens (tertiary/aromatic N) is 1. The van der Waals surface area contributed by atoms with E-state index in [1.54, 1.807) is 0 Å². The highest BCUT2D eigenvalue weighted by molar-refractivity contribution is 8.00. The van der Waals surface area contributed by atoms with E-state index in [0.717, 1.165) is 0 Å². The maximum atomic E-state index is 10.9. The zero-order valence-electron chi connectivity index (χ0n) is 6.76. The van der Waals surface area contributed by atoms with E-state index in [4.69, 9.17) is 5.26 Å². The van der Waals surface area contributed by atoms with Crippen LogP contribution in [0, 0.1) is 11.3 Å². The normalized spacial score (nSPS) is 9.27. The van der Waals surface area contributed by atoms with Crippen LogP contribution >= 0.6 is 11.8 Å². The molecule has 0 radical (unpaired) electrons. The lowest BCUT2D eigenvalue weighted by molar-refractivity contribution is -0.119. The van der Waals surface area contributed by atoms with Gasteiger partial charge in [-0.1, -0.05) is 0 Å². The molecular formula is C7H12N2OS. The highest BCUT2D eigenvalue weighted by atomic mass is 32.2. The van der Waals surface area contributed by atoms with Gasteiger partial charge in [-0.2, -0.15) is 5.26 Å². The SMILES string of the molecule is CC(C)NC(=O)CSCC#N.